The first-order valence-electron chi connectivity index (χ1n) is 5.55. The number of primary sulfonamides is 1. The number of nitrogens with two attached hydrogens (primary N) is 1. The van der Waals surface area contributed by atoms with Gasteiger partial charge < -0.3 is 15.7 Å². The molecule has 18 heavy (non-hydrogen) atoms. The summed E-state index contributed by atoms with van der Waals surface area (Å²) in [5.74, 6) is -1.46. The van der Waals surface area contributed by atoms with E-state index in [0.29, 0.717) is 12.8 Å². The Kier molecular flexibility index (Phi) is 4.52. The molecule has 1 aliphatic rings. The molecule has 0 heterocycles. The van der Waals surface area contributed by atoms with Gasteiger partial charge in [-0.3, -0.25) is 0 Å². The molecule has 1 saturated carbocycles. The minimum absolute atomic E-state index is 0.152. The van der Waals surface area contributed by atoms with Crippen LogP contribution < -0.4 is 15.8 Å². The Balaban J connectivity index is 2.46. The molecule has 0 saturated heterocycles. The van der Waals surface area contributed by atoms with Gasteiger partial charge in [0.2, 0.25) is 10.0 Å². The number of amides is 2. The van der Waals surface area contributed by atoms with Crippen molar-refractivity contribution in [1.29, 1.82) is 0 Å². The van der Waals surface area contributed by atoms with E-state index in [-0.39, 0.29) is 12.3 Å². The zero-order chi connectivity index (χ0) is 13.8. The Morgan fingerprint density at radius 1 is 1.28 bits per heavy atom. The van der Waals surface area contributed by atoms with Crippen LogP contribution in [0, 0.1) is 0 Å². The van der Waals surface area contributed by atoms with Gasteiger partial charge >= 0.3 is 12.0 Å². The second-order valence-corrected chi connectivity index (χ2v) is 6.08. The number of carbonyl (C=O) groups is 2. The minimum atomic E-state index is -3.64. The lowest BCUT2D eigenvalue weighted by Gasteiger charge is -2.25. The van der Waals surface area contributed by atoms with Crippen LogP contribution in [0.3, 0.4) is 0 Å². The summed E-state index contributed by atoms with van der Waals surface area (Å²) < 4.78 is 21.3. The smallest absolute Gasteiger partial charge is 0.329 e. The zero-order valence-corrected chi connectivity index (χ0v) is 10.6. The topological polar surface area (TPSA) is 139 Å². The summed E-state index contributed by atoms with van der Waals surface area (Å²) >= 11 is 0. The van der Waals surface area contributed by atoms with Crippen molar-refractivity contribution in [2.75, 3.05) is 12.3 Å². The van der Waals surface area contributed by atoms with Crippen LogP contribution in [0.5, 0.6) is 0 Å². The van der Waals surface area contributed by atoms with Gasteiger partial charge in [0.05, 0.1) is 5.75 Å². The van der Waals surface area contributed by atoms with E-state index in [4.69, 9.17) is 10.2 Å². The van der Waals surface area contributed by atoms with Gasteiger partial charge in [-0.2, -0.15) is 0 Å². The number of carbonyl (C=O) groups excluding carboxylic acids is 1. The number of hydrogen-bond acceptors (Lipinski definition) is 4. The van der Waals surface area contributed by atoms with E-state index in [0.717, 1.165) is 12.8 Å². The highest BCUT2D eigenvalue weighted by Crippen LogP contribution is 2.29. The molecule has 2 amide bonds. The van der Waals surface area contributed by atoms with E-state index in [2.05, 4.69) is 10.6 Å². The first-order valence-corrected chi connectivity index (χ1v) is 7.27. The maximum atomic E-state index is 11.5. The van der Waals surface area contributed by atoms with Crippen LogP contribution in [0.25, 0.3) is 0 Å². The standard InChI is InChI=1S/C9H17N3O5S/c10-18(16,17)6-5-11-8(15)12-9(7(13)14)3-1-2-4-9/h1-6H2,(H,13,14)(H2,10,16,17)(H2,11,12,15). The summed E-state index contributed by atoms with van der Waals surface area (Å²) in [4.78, 5) is 22.6. The molecular formula is C9H17N3O5S. The number of carboxylic acids is 1. The fourth-order valence-corrected chi connectivity index (χ4v) is 2.33. The number of nitrogens with one attached hydrogen (secondary N) is 2. The molecule has 0 aromatic carbocycles. The number of carboxylic acid groups (broad SMARTS) is 1. The SMILES string of the molecule is NS(=O)(=O)CCNC(=O)NC1(C(=O)O)CCCC1. The second-order valence-electron chi connectivity index (χ2n) is 4.34. The van der Waals surface area contributed by atoms with Crippen LogP contribution in [0.2, 0.25) is 0 Å². The molecule has 0 unspecified atom stereocenters. The van der Waals surface area contributed by atoms with Crippen LogP contribution in [-0.2, 0) is 14.8 Å². The Bertz CT molecular complexity index is 427. The van der Waals surface area contributed by atoms with Gasteiger partial charge in [0, 0.05) is 6.54 Å². The molecule has 0 aromatic heterocycles. The van der Waals surface area contributed by atoms with E-state index < -0.39 is 27.6 Å². The third-order valence-electron chi connectivity index (χ3n) is 2.89. The maximum Gasteiger partial charge on any atom is 0.329 e. The molecule has 0 atom stereocenters. The molecule has 0 spiro atoms. The van der Waals surface area contributed by atoms with Gasteiger partial charge in [-0.15, -0.1) is 0 Å². The molecule has 9 heteroatoms. The minimum Gasteiger partial charge on any atom is -0.480 e. The van der Waals surface area contributed by atoms with Gasteiger partial charge in [-0.25, -0.2) is 23.1 Å². The lowest BCUT2D eigenvalue weighted by Crippen LogP contribution is -2.55. The van der Waals surface area contributed by atoms with Crippen molar-refractivity contribution in [3.63, 3.8) is 0 Å². The number of urea groups is 1. The van der Waals surface area contributed by atoms with E-state index in [9.17, 15) is 18.0 Å². The highest BCUT2D eigenvalue weighted by Gasteiger charge is 2.42. The molecule has 0 radical (unpaired) electrons. The van der Waals surface area contributed by atoms with Gasteiger partial charge in [-0.1, -0.05) is 12.8 Å². The molecule has 104 valence electrons. The lowest BCUT2D eigenvalue weighted by atomic mass is 9.98. The Labute approximate surface area is 105 Å². The third-order valence-corrected chi connectivity index (χ3v) is 3.66. The van der Waals surface area contributed by atoms with Crippen molar-refractivity contribution in [1.82, 2.24) is 10.6 Å². The van der Waals surface area contributed by atoms with E-state index in [1.807, 2.05) is 0 Å². The average Bonchev–Trinajstić information content (AvgIpc) is 2.65. The summed E-state index contributed by atoms with van der Waals surface area (Å²) in [5.41, 5.74) is -1.23. The molecule has 1 aliphatic carbocycles. The van der Waals surface area contributed by atoms with Crippen molar-refractivity contribution in [2.24, 2.45) is 5.14 Å². The van der Waals surface area contributed by atoms with Crippen LogP contribution in [0.15, 0.2) is 0 Å². The Morgan fingerprint density at radius 3 is 2.28 bits per heavy atom. The van der Waals surface area contributed by atoms with Crippen molar-refractivity contribution in [3.8, 4) is 0 Å². The van der Waals surface area contributed by atoms with Crippen LogP contribution in [0.4, 0.5) is 4.79 Å². The second kappa shape index (κ2) is 5.53. The van der Waals surface area contributed by atoms with E-state index >= 15 is 0 Å². The molecule has 0 aliphatic heterocycles. The summed E-state index contributed by atoms with van der Waals surface area (Å²) in [6.07, 6.45) is 2.24. The van der Waals surface area contributed by atoms with E-state index in [1.54, 1.807) is 0 Å². The van der Waals surface area contributed by atoms with Crippen LogP contribution in [-0.4, -0.2) is 43.4 Å². The molecule has 5 N–H and O–H groups in total. The van der Waals surface area contributed by atoms with Crippen LogP contribution in [0.1, 0.15) is 25.7 Å². The molecular weight excluding hydrogens is 262 g/mol. The molecule has 0 aromatic rings. The lowest BCUT2D eigenvalue weighted by molar-refractivity contribution is -0.144. The molecule has 1 rings (SSSR count). The van der Waals surface area contributed by atoms with Crippen molar-refractivity contribution >= 4 is 22.0 Å². The van der Waals surface area contributed by atoms with Gasteiger partial charge in [-0.05, 0) is 12.8 Å². The predicted octanol–water partition coefficient (Wildman–Crippen LogP) is -1.03. The number of aliphatic carboxylic acids is 1. The number of rotatable bonds is 5. The maximum absolute atomic E-state index is 11.5. The molecule has 0 bridgehead atoms. The monoisotopic (exact) mass is 279 g/mol. The van der Waals surface area contributed by atoms with Crippen molar-refractivity contribution < 1.29 is 23.1 Å². The fourth-order valence-electron chi connectivity index (χ4n) is 1.94. The van der Waals surface area contributed by atoms with Crippen molar-refractivity contribution in [2.45, 2.75) is 31.2 Å². The third kappa shape index (κ3) is 4.15. The highest BCUT2D eigenvalue weighted by molar-refractivity contribution is 7.89. The zero-order valence-electron chi connectivity index (χ0n) is 9.81. The summed E-state index contributed by atoms with van der Waals surface area (Å²) in [5, 5.41) is 18.5. The number of hydrogen-bond donors (Lipinski definition) is 4. The normalized spacial score (nSPS) is 18.3. The largest absolute Gasteiger partial charge is 0.480 e. The fraction of sp³-hybridized carbons (Fsp3) is 0.778. The van der Waals surface area contributed by atoms with Gasteiger partial charge in [0.1, 0.15) is 5.54 Å². The van der Waals surface area contributed by atoms with E-state index in [1.165, 1.54) is 0 Å². The van der Waals surface area contributed by atoms with Gasteiger partial charge in [0.25, 0.3) is 0 Å². The summed E-state index contributed by atoms with van der Waals surface area (Å²) in [6, 6.07) is -0.692. The number of sulfonamides is 1. The first-order chi connectivity index (χ1) is 8.25. The van der Waals surface area contributed by atoms with Gasteiger partial charge in [0.15, 0.2) is 0 Å². The first kappa shape index (κ1) is 14.7. The predicted molar refractivity (Wildman–Crippen MR) is 63.3 cm³/mol. The molecule has 1 fully saturated rings. The summed E-state index contributed by atoms with van der Waals surface area (Å²) in [6.45, 7) is -0.152. The average molecular weight is 279 g/mol. The summed E-state index contributed by atoms with van der Waals surface area (Å²) in [7, 11) is -3.64. The van der Waals surface area contributed by atoms with Crippen LogP contribution >= 0.6 is 0 Å². The van der Waals surface area contributed by atoms with Crippen molar-refractivity contribution in [3.05, 3.63) is 0 Å². The highest BCUT2D eigenvalue weighted by atomic mass is 32.2. The quantitative estimate of drug-likeness (QED) is 0.509. The molecule has 8 nitrogen and oxygen atoms in total. The Morgan fingerprint density at radius 2 is 1.83 bits per heavy atom. The Hall–Kier alpha value is -1.35.